The predicted octanol–water partition coefficient (Wildman–Crippen LogP) is 6.63. The number of alkyl halides is 6. The summed E-state index contributed by atoms with van der Waals surface area (Å²) in [6.45, 7) is 1.64. The third kappa shape index (κ3) is 7.61. The monoisotopic (exact) mass is 553 g/mol. The van der Waals surface area contributed by atoms with Crippen LogP contribution in [-0.4, -0.2) is 41.4 Å². The summed E-state index contributed by atoms with van der Waals surface area (Å²) in [5.41, 5.74) is 0.0236. The SMILES string of the molecule is Fc1ccc(N(c2nc(-c3cc(F)cc(C(F)(F)F)c3)cs2)C2CCNCC2)cc1.O=C(O)C(F)(F)F. The molecule has 37 heavy (non-hydrogen) atoms. The van der Waals surface area contributed by atoms with Crippen molar-refractivity contribution < 1.29 is 45.0 Å². The normalized spacial score (nSPS) is 14.6. The van der Waals surface area contributed by atoms with E-state index >= 15 is 0 Å². The molecule has 0 radical (unpaired) electrons. The van der Waals surface area contributed by atoms with Gasteiger partial charge in [-0.15, -0.1) is 11.3 Å². The molecule has 1 aromatic heterocycles. The van der Waals surface area contributed by atoms with Gasteiger partial charge in [0.2, 0.25) is 0 Å². The highest BCUT2D eigenvalue weighted by atomic mass is 32.1. The van der Waals surface area contributed by atoms with Crippen LogP contribution in [0.15, 0.2) is 47.8 Å². The van der Waals surface area contributed by atoms with E-state index in [-0.39, 0.29) is 23.1 Å². The first-order chi connectivity index (χ1) is 17.3. The van der Waals surface area contributed by atoms with E-state index in [0.29, 0.717) is 11.2 Å². The molecular formula is C23H19F8N3O2S. The molecule has 0 aliphatic carbocycles. The van der Waals surface area contributed by atoms with Crippen LogP contribution < -0.4 is 10.2 Å². The highest BCUT2D eigenvalue weighted by Gasteiger charge is 2.38. The molecule has 0 spiro atoms. The molecule has 1 fully saturated rings. The van der Waals surface area contributed by atoms with Gasteiger partial charge in [-0.3, -0.25) is 0 Å². The number of carbonyl (C=O) groups is 1. The van der Waals surface area contributed by atoms with Crippen LogP contribution in [0.3, 0.4) is 0 Å². The molecule has 2 aromatic carbocycles. The van der Waals surface area contributed by atoms with Gasteiger partial charge in [0.25, 0.3) is 0 Å². The van der Waals surface area contributed by atoms with Crippen molar-refractivity contribution in [2.45, 2.75) is 31.2 Å². The van der Waals surface area contributed by atoms with Crippen LogP contribution in [0.1, 0.15) is 18.4 Å². The zero-order chi connectivity index (χ0) is 27.4. The number of nitrogens with one attached hydrogen (secondary N) is 1. The van der Waals surface area contributed by atoms with Gasteiger partial charge in [-0.1, -0.05) is 0 Å². The van der Waals surface area contributed by atoms with Crippen LogP contribution in [0, 0.1) is 11.6 Å². The van der Waals surface area contributed by atoms with Gasteiger partial charge in [0, 0.05) is 22.7 Å². The molecular weight excluding hydrogens is 534 g/mol. The van der Waals surface area contributed by atoms with Crippen molar-refractivity contribution in [3.05, 3.63) is 65.0 Å². The van der Waals surface area contributed by atoms with Crippen LogP contribution in [-0.2, 0) is 11.0 Å². The number of piperidine rings is 1. The van der Waals surface area contributed by atoms with Gasteiger partial charge in [0.05, 0.1) is 11.3 Å². The maximum atomic E-state index is 13.8. The standard InChI is InChI=1S/C21H18F5N3S.C2HF3O2/c22-15-1-3-17(4-2-15)29(18-5-7-27-8-6-18)20-28-19(12-30-20)13-9-14(21(24,25)26)11-16(23)10-13;3-2(4,5)1(6)7/h1-4,9-12,18,27H,5-8H2;(H,6,7). The number of benzene rings is 2. The zero-order valence-corrected chi connectivity index (χ0v) is 19.5. The fourth-order valence-corrected chi connectivity index (χ4v) is 4.48. The molecule has 0 amide bonds. The van der Waals surface area contributed by atoms with E-state index in [1.807, 2.05) is 4.90 Å². The van der Waals surface area contributed by atoms with Crippen LogP contribution in [0.4, 0.5) is 45.9 Å². The molecule has 1 saturated heterocycles. The molecule has 0 bridgehead atoms. The number of carboxylic acids is 1. The predicted molar refractivity (Wildman–Crippen MR) is 121 cm³/mol. The number of halogens is 8. The van der Waals surface area contributed by atoms with Gasteiger partial charge in [-0.25, -0.2) is 18.6 Å². The lowest BCUT2D eigenvalue weighted by Crippen LogP contribution is -2.40. The topological polar surface area (TPSA) is 65.5 Å². The molecule has 0 atom stereocenters. The van der Waals surface area contributed by atoms with Gasteiger partial charge in [0.1, 0.15) is 11.6 Å². The average Bonchev–Trinajstić information content (AvgIpc) is 3.30. The van der Waals surface area contributed by atoms with Crippen molar-refractivity contribution >= 4 is 28.1 Å². The Hall–Kier alpha value is -3.26. The summed E-state index contributed by atoms with van der Waals surface area (Å²) in [7, 11) is 0. The van der Waals surface area contributed by atoms with Gasteiger partial charge in [-0.2, -0.15) is 26.3 Å². The van der Waals surface area contributed by atoms with Crippen molar-refractivity contribution in [2.24, 2.45) is 0 Å². The zero-order valence-electron chi connectivity index (χ0n) is 18.7. The second-order valence-electron chi connectivity index (χ2n) is 7.87. The van der Waals surface area contributed by atoms with Gasteiger partial charge in [0.15, 0.2) is 5.13 Å². The van der Waals surface area contributed by atoms with Crippen molar-refractivity contribution in [1.82, 2.24) is 10.3 Å². The minimum atomic E-state index is -5.08. The first-order valence-electron chi connectivity index (χ1n) is 10.6. The maximum Gasteiger partial charge on any atom is 0.490 e. The van der Waals surface area contributed by atoms with Crippen LogP contribution >= 0.6 is 11.3 Å². The van der Waals surface area contributed by atoms with E-state index in [1.54, 1.807) is 17.5 Å². The number of anilines is 2. The summed E-state index contributed by atoms with van der Waals surface area (Å²) in [5, 5.41) is 12.6. The van der Waals surface area contributed by atoms with Crippen molar-refractivity contribution in [1.29, 1.82) is 0 Å². The summed E-state index contributed by atoms with van der Waals surface area (Å²) in [4.78, 5) is 15.4. The first-order valence-corrected chi connectivity index (χ1v) is 11.5. The van der Waals surface area contributed by atoms with E-state index in [1.165, 1.54) is 23.5 Å². The molecule has 5 nitrogen and oxygen atoms in total. The lowest BCUT2D eigenvalue weighted by atomic mass is 10.0. The Morgan fingerprint density at radius 1 is 0.973 bits per heavy atom. The molecule has 1 aliphatic heterocycles. The lowest BCUT2D eigenvalue weighted by molar-refractivity contribution is -0.192. The lowest BCUT2D eigenvalue weighted by Gasteiger charge is -2.34. The number of rotatable bonds is 4. The highest BCUT2D eigenvalue weighted by Crippen LogP contribution is 2.38. The fourth-order valence-electron chi connectivity index (χ4n) is 3.55. The number of hydrogen-bond donors (Lipinski definition) is 2. The fraction of sp³-hybridized carbons (Fsp3) is 0.304. The molecule has 2 N–H and O–H groups in total. The van der Waals surface area contributed by atoms with Crippen LogP contribution in [0.25, 0.3) is 11.3 Å². The molecule has 1 aliphatic rings. The van der Waals surface area contributed by atoms with E-state index in [9.17, 15) is 35.1 Å². The summed E-state index contributed by atoms with van der Waals surface area (Å²) >= 11 is 1.26. The highest BCUT2D eigenvalue weighted by molar-refractivity contribution is 7.14. The minimum Gasteiger partial charge on any atom is -0.475 e. The third-order valence-corrected chi connectivity index (χ3v) is 6.08. The summed E-state index contributed by atoms with van der Waals surface area (Å²) in [5.74, 6) is -4.08. The third-order valence-electron chi connectivity index (χ3n) is 5.24. The molecule has 0 saturated carbocycles. The van der Waals surface area contributed by atoms with Gasteiger partial charge in [-0.05, 0) is 68.4 Å². The Kier molecular flexibility index (Phi) is 8.74. The first kappa shape index (κ1) is 28.3. The van der Waals surface area contributed by atoms with E-state index in [0.717, 1.165) is 43.8 Å². The molecule has 14 heteroatoms. The van der Waals surface area contributed by atoms with Crippen molar-refractivity contribution in [2.75, 3.05) is 18.0 Å². The Labute approximate surface area is 209 Å². The second-order valence-corrected chi connectivity index (χ2v) is 8.71. The summed E-state index contributed by atoms with van der Waals surface area (Å²) in [6, 6.07) is 8.55. The van der Waals surface area contributed by atoms with Crippen molar-refractivity contribution in [3.63, 3.8) is 0 Å². The van der Waals surface area contributed by atoms with Crippen molar-refractivity contribution in [3.8, 4) is 11.3 Å². The molecule has 4 rings (SSSR count). The Morgan fingerprint density at radius 2 is 1.57 bits per heavy atom. The Morgan fingerprint density at radius 3 is 2.11 bits per heavy atom. The Balaban J connectivity index is 0.000000479. The number of aliphatic carboxylic acids is 1. The average molecular weight is 553 g/mol. The number of thiazole rings is 1. The number of carboxylic acid groups (broad SMARTS) is 1. The Bertz CT molecular complexity index is 1210. The summed E-state index contributed by atoms with van der Waals surface area (Å²) < 4.78 is 98.2. The van der Waals surface area contributed by atoms with Crippen LogP contribution in [0.5, 0.6) is 0 Å². The summed E-state index contributed by atoms with van der Waals surface area (Å²) in [6.07, 6.45) is -8.06. The van der Waals surface area contributed by atoms with E-state index in [2.05, 4.69) is 10.3 Å². The number of hydrogen-bond acceptors (Lipinski definition) is 5. The maximum absolute atomic E-state index is 13.8. The van der Waals surface area contributed by atoms with E-state index in [4.69, 9.17) is 9.90 Å². The number of aromatic nitrogens is 1. The largest absolute Gasteiger partial charge is 0.490 e. The van der Waals surface area contributed by atoms with Gasteiger partial charge < -0.3 is 15.3 Å². The molecule has 0 unspecified atom stereocenters. The van der Waals surface area contributed by atoms with Gasteiger partial charge >= 0.3 is 18.3 Å². The quantitative estimate of drug-likeness (QED) is 0.355. The molecule has 200 valence electrons. The number of nitrogens with zero attached hydrogens (tertiary/aromatic N) is 2. The van der Waals surface area contributed by atoms with Crippen LogP contribution in [0.2, 0.25) is 0 Å². The molecule has 3 aromatic rings. The molecule has 2 heterocycles. The second kappa shape index (κ2) is 11.4. The minimum absolute atomic E-state index is 0.0641. The smallest absolute Gasteiger partial charge is 0.475 e. The van der Waals surface area contributed by atoms with E-state index < -0.39 is 29.7 Å².